The molecule has 0 radical (unpaired) electrons. The van der Waals surface area contributed by atoms with E-state index >= 15 is 0 Å². The van der Waals surface area contributed by atoms with E-state index in [1.165, 1.54) is 0 Å². The number of halogens is 2. The lowest BCUT2D eigenvalue weighted by Crippen LogP contribution is -2.43. The minimum atomic E-state index is -0.527. The molecule has 1 fully saturated rings. The maximum absolute atomic E-state index is 12.9. The molecule has 1 unspecified atom stereocenters. The Morgan fingerprint density at radius 2 is 1.93 bits per heavy atom. The second-order valence-electron chi connectivity index (χ2n) is 6.44. The van der Waals surface area contributed by atoms with Crippen LogP contribution in [0.25, 0.3) is 0 Å². The quantitative estimate of drug-likeness (QED) is 0.800. The van der Waals surface area contributed by atoms with E-state index in [-0.39, 0.29) is 11.8 Å². The Balaban J connectivity index is 1.75. The van der Waals surface area contributed by atoms with Crippen LogP contribution in [0.15, 0.2) is 42.5 Å². The monoisotopic (exact) mass is 406 g/mol. The van der Waals surface area contributed by atoms with Gasteiger partial charge in [0.15, 0.2) is 0 Å². The van der Waals surface area contributed by atoms with Gasteiger partial charge in [-0.1, -0.05) is 35.3 Å². The van der Waals surface area contributed by atoms with E-state index in [9.17, 15) is 9.59 Å². The average Bonchev–Trinajstić information content (AvgIpc) is 3.10. The van der Waals surface area contributed by atoms with E-state index in [0.29, 0.717) is 40.9 Å². The molecule has 3 rings (SSSR count). The highest BCUT2D eigenvalue weighted by molar-refractivity contribution is 6.35. The number of ether oxygens (including phenoxy) is 1. The van der Waals surface area contributed by atoms with E-state index in [1.54, 1.807) is 42.3 Å². The number of rotatable bonds is 5. The van der Waals surface area contributed by atoms with Crippen LogP contribution in [0, 0.1) is 0 Å². The molecule has 1 N–H and O–H groups in total. The number of methoxy groups -OCH3 is 1. The van der Waals surface area contributed by atoms with Crippen LogP contribution in [0.4, 0.5) is 5.69 Å². The van der Waals surface area contributed by atoms with Gasteiger partial charge in [-0.15, -0.1) is 0 Å². The molecule has 2 aromatic rings. The smallest absolute Gasteiger partial charge is 0.254 e. The van der Waals surface area contributed by atoms with Crippen molar-refractivity contribution in [2.45, 2.75) is 25.5 Å². The molecule has 1 atom stereocenters. The van der Waals surface area contributed by atoms with E-state index in [2.05, 4.69) is 5.32 Å². The van der Waals surface area contributed by atoms with Gasteiger partial charge in [0.05, 0.1) is 6.61 Å². The summed E-state index contributed by atoms with van der Waals surface area (Å²) in [7, 11) is 1.61. The van der Waals surface area contributed by atoms with Gasteiger partial charge in [0, 0.05) is 35.0 Å². The molecule has 1 saturated heterocycles. The first-order valence-electron chi connectivity index (χ1n) is 8.64. The first-order valence-corrected chi connectivity index (χ1v) is 9.39. The van der Waals surface area contributed by atoms with Gasteiger partial charge in [-0.3, -0.25) is 9.59 Å². The lowest BCUT2D eigenvalue weighted by molar-refractivity contribution is -0.119. The maximum atomic E-state index is 12.9. The zero-order valence-electron chi connectivity index (χ0n) is 14.9. The summed E-state index contributed by atoms with van der Waals surface area (Å²) >= 11 is 12.0. The SMILES string of the molecule is COCc1cccc(C(=O)N2CCCC2C(=O)Nc2cc(Cl)cc(Cl)c2)c1. The molecule has 1 aliphatic rings. The molecule has 142 valence electrons. The molecule has 2 aromatic carbocycles. The number of nitrogens with one attached hydrogen (secondary N) is 1. The van der Waals surface area contributed by atoms with Crippen LogP contribution in [-0.4, -0.2) is 36.4 Å². The van der Waals surface area contributed by atoms with Gasteiger partial charge in [0.2, 0.25) is 5.91 Å². The van der Waals surface area contributed by atoms with Crippen molar-refractivity contribution < 1.29 is 14.3 Å². The van der Waals surface area contributed by atoms with Crippen LogP contribution in [-0.2, 0) is 16.1 Å². The Hall–Kier alpha value is -2.08. The lowest BCUT2D eigenvalue weighted by Gasteiger charge is -2.24. The van der Waals surface area contributed by atoms with E-state index in [4.69, 9.17) is 27.9 Å². The standard InChI is InChI=1S/C20H20Cl2N2O3/c1-27-12-13-4-2-5-14(8-13)20(26)24-7-3-6-18(24)19(25)23-17-10-15(21)9-16(22)11-17/h2,4-5,8-11,18H,3,6-7,12H2,1H3,(H,23,25). The molecule has 0 aliphatic carbocycles. The Morgan fingerprint density at radius 3 is 2.63 bits per heavy atom. The number of benzene rings is 2. The molecule has 0 bridgehead atoms. The Bertz CT molecular complexity index is 837. The topological polar surface area (TPSA) is 58.6 Å². The van der Waals surface area contributed by atoms with Crippen molar-refractivity contribution in [3.05, 3.63) is 63.6 Å². The van der Waals surface area contributed by atoms with E-state index in [1.807, 2.05) is 12.1 Å². The van der Waals surface area contributed by atoms with Crippen LogP contribution >= 0.6 is 23.2 Å². The predicted octanol–water partition coefficient (Wildman–Crippen LogP) is 4.38. The summed E-state index contributed by atoms with van der Waals surface area (Å²) in [5.74, 6) is -0.401. The summed E-state index contributed by atoms with van der Waals surface area (Å²) in [5.41, 5.74) is 1.98. The Kier molecular flexibility index (Phi) is 6.37. The van der Waals surface area contributed by atoms with Crippen LogP contribution in [0.3, 0.4) is 0 Å². The molecule has 0 aromatic heterocycles. The second kappa shape index (κ2) is 8.74. The van der Waals surface area contributed by atoms with E-state index < -0.39 is 6.04 Å². The zero-order chi connectivity index (χ0) is 19.4. The lowest BCUT2D eigenvalue weighted by atomic mass is 10.1. The molecule has 0 spiro atoms. The molecule has 7 heteroatoms. The Labute approximate surface area is 168 Å². The molecule has 27 heavy (non-hydrogen) atoms. The van der Waals surface area contributed by atoms with Crippen LogP contribution in [0.2, 0.25) is 10.0 Å². The molecule has 0 saturated carbocycles. The molecule has 2 amide bonds. The highest BCUT2D eigenvalue weighted by atomic mass is 35.5. The van der Waals surface area contributed by atoms with Gasteiger partial charge in [0.1, 0.15) is 6.04 Å². The van der Waals surface area contributed by atoms with Gasteiger partial charge in [-0.05, 0) is 48.7 Å². The highest BCUT2D eigenvalue weighted by Gasteiger charge is 2.34. The van der Waals surface area contributed by atoms with Crippen molar-refractivity contribution in [1.29, 1.82) is 0 Å². The average molecular weight is 407 g/mol. The van der Waals surface area contributed by atoms with E-state index in [0.717, 1.165) is 12.0 Å². The van der Waals surface area contributed by atoms with Crippen molar-refractivity contribution in [1.82, 2.24) is 4.90 Å². The number of nitrogens with zero attached hydrogens (tertiary/aromatic N) is 1. The number of likely N-dealkylation sites (tertiary alicyclic amines) is 1. The summed E-state index contributed by atoms with van der Waals surface area (Å²) in [6, 6.07) is 11.6. The van der Waals surface area contributed by atoms with Crippen molar-refractivity contribution in [3.8, 4) is 0 Å². The summed E-state index contributed by atoms with van der Waals surface area (Å²) in [4.78, 5) is 27.3. The van der Waals surface area contributed by atoms with Gasteiger partial charge in [-0.25, -0.2) is 0 Å². The maximum Gasteiger partial charge on any atom is 0.254 e. The summed E-state index contributed by atoms with van der Waals surface area (Å²) in [6.45, 7) is 0.974. The molecule has 1 heterocycles. The minimum absolute atomic E-state index is 0.158. The molecular weight excluding hydrogens is 387 g/mol. The number of hydrogen-bond acceptors (Lipinski definition) is 3. The third-order valence-corrected chi connectivity index (χ3v) is 4.87. The van der Waals surface area contributed by atoms with Crippen molar-refractivity contribution >= 4 is 40.7 Å². The van der Waals surface area contributed by atoms with Gasteiger partial charge in [0.25, 0.3) is 5.91 Å². The third kappa shape index (κ3) is 4.80. The predicted molar refractivity (Wildman–Crippen MR) is 106 cm³/mol. The fraction of sp³-hybridized carbons (Fsp3) is 0.300. The summed E-state index contributed by atoms with van der Waals surface area (Å²) in [5, 5.41) is 3.69. The zero-order valence-corrected chi connectivity index (χ0v) is 16.4. The normalized spacial score (nSPS) is 16.4. The first kappa shape index (κ1) is 19.7. The number of amides is 2. The van der Waals surface area contributed by atoms with Crippen molar-refractivity contribution in [2.75, 3.05) is 19.0 Å². The number of carbonyl (C=O) groups excluding carboxylic acids is 2. The largest absolute Gasteiger partial charge is 0.380 e. The number of carbonyl (C=O) groups is 2. The third-order valence-electron chi connectivity index (χ3n) is 4.43. The second-order valence-corrected chi connectivity index (χ2v) is 7.31. The van der Waals surface area contributed by atoms with Gasteiger partial charge in [-0.2, -0.15) is 0 Å². The first-order chi connectivity index (χ1) is 13.0. The minimum Gasteiger partial charge on any atom is -0.380 e. The molecular formula is C20H20Cl2N2O3. The fourth-order valence-corrected chi connectivity index (χ4v) is 3.79. The number of hydrogen-bond donors (Lipinski definition) is 1. The van der Waals surface area contributed by atoms with Gasteiger partial charge >= 0.3 is 0 Å². The molecule has 1 aliphatic heterocycles. The van der Waals surface area contributed by atoms with Crippen LogP contribution in [0.5, 0.6) is 0 Å². The summed E-state index contributed by atoms with van der Waals surface area (Å²) in [6.07, 6.45) is 1.39. The van der Waals surface area contributed by atoms with Crippen molar-refractivity contribution in [2.24, 2.45) is 0 Å². The molecule has 5 nitrogen and oxygen atoms in total. The Morgan fingerprint density at radius 1 is 1.19 bits per heavy atom. The highest BCUT2D eigenvalue weighted by Crippen LogP contribution is 2.25. The van der Waals surface area contributed by atoms with Crippen molar-refractivity contribution in [3.63, 3.8) is 0 Å². The fourth-order valence-electron chi connectivity index (χ4n) is 3.26. The summed E-state index contributed by atoms with van der Waals surface area (Å²) < 4.78 is 5.12. The number of anilines is 1. The van der Waals surface area contributed by atoms with Crippen LogP contribution in [0.1, 0.15) is 28.8 Å². The van der Waals surface area contributed by atoms with Gasteiger partial charge < -0.3 is 15.0 Å². The van der Waals surface area contributed by atoms with Crippen LogP contribution < -0.4 is 5.32 Å².